The van der Waals surface area contributed by atoms with Gasteiger partial charge in [0.05, 0.1) is 39.9 Å². The molecule has 0 heterocycles. The maximum absolute atomic E-state index is 13.1. The van der Waals surface area contributed by atoms with Gasteiger partial charge in [0, 0.05) is 6.42 Å². The highest BCUT2D eigenvalue weighted by atomic mass is 31.2. The van der Waals surface area contributed by atoms with Crippen molar-refractivity contribution in [3.05, 3.63) is 85.1 Å². The third-order valence-electron chi connectivity index (χ3n) is 18.8. The third kappa shape index (κ3) is 78.9. The van der Waals surface area contributed by atoms with E-state index in [1.54, 1.807) is 6.08 Å². The Labute approximate surface area is 592 Å². The van der Waals surface area contributed by atoms with Crippen molar-refractivity contribution in [2.75, 3.05) is 40.9 Å². The lowest BCUT2D eigenvalue weighted by atomic mass is 10.0. The summed E-state index contributed by atoms with van der Waals surface area (Å²) in [6.45, 7) is 4.74. The molecule has 3 atom stereocenters. The van der Waals surface area contributed by atoms with E-state index in [2.05, 4.69) is 92.1 Å². The highest BCUT2D eigenvalue weighted by Crippen LogP contribution is 2.43. The number of amides is 1. The summed E-state index contributed by atoms with van der Waals surface area (Å²) < 4.78 is 23.9. The molecule has 0 bridgehead atoms. The second kappa shape index (κ2) is 75.9. The van der Waals surface area contributed by atoms with Crippen molar-refractivity contribution in [3.63, 3.8) is 0 Å². The summed E-state index contributed by atoms with van der Waals surface area (Å²) in [4.78, 5) is 23.5. The third-order valence-corrected chi connectivity index (χ3v) is 19.8. The average Bonchev–Trinajstić information content (AvgIpc) is 2.01. The molecule has 0 spiro atoms. The lowest BCUT2D eigenvalue weighted by Crippen LogP contribution is -2.45. The molecule has 8 nitrogen and oxygen atoms in total. The lowest BCUT2D eigenvalue weighted by molar-refractivity contribution is -0.870. The van der Waals surface area contributed by atoms with E-state index in [9.17, 15) is 19.4 Å². The van der Waals surface area contributed by atoms with Crippen LogP contribution in [0.1, 0.15) is 406 Å². The summed E-state index contributed by atoms with van der Waals surface area (Å²) in [6, 6.07) is -0.867. The summed E-state index contributed by atoms with van der Waals surface area (Å²) >= 11 is 0. The van der Waals surface area contributed by atoms with Crippen molar-refractivity contribution in [2.45, 2.75) is 418 Å². The number of hydrogen-bond acceptors (Lipinski definition) is 5. The smallest absolute Gasteiger partial charge is 0.387 e. The molecule has 0 fully saturated rings. The van der Waals surface area contributed by atoms with E-state index in [0.717, 1.165) is 70.6 Å². The molecular formula is C86H162N2O6P+. The first-order valence-electron chi connectivity index (χ1n) is 41.5. The van der Waals surface area contributed by atoms with Crippen molar-refractivity contribution >= 4 is 13.7 Å². The topological polar surface area (TPSA) is 105 Å². The first-order chi connectivity index (χ1) is 46.5. The predicted octanol–water partition coefficient (Wildman–Crippen LogP) is 27.4. The standard InChI is InChI=1S/C86H161N2O6P/c1-6-8-10-12-14-16-18-20-22-24-26-28-30-32-34-36-38-40-41-42-43-44-45-46-47-48-50-52-54-56-58-60-62-64-66-68-70-72-74-76-78-80-86(90)87-84(83-94-95(91,92)93-82-81-88(3,4)5)85(89)79-77-75-73-71-69-67-65-63-61-59-57-55-53-51-49-39-37-35-33-31-29-27-25-23-21-19-17-15-13-11-9-7-2/h8,10,14,16,20,22,26,28,32,34,69,71,77,79,84-85,89H,6-7,9,11-13,15,17-19,21,23-25,27,29-31,33,35-68,70,72-76,78,80-83H2,1-5H3,(H-,87,90,91,92)/p+1/b10-8-,16-14-,22-20-,28-26-,34-32-,71-69+,79-77+. The minimum absolute atomic E-state index is 0.0565. The van der Waals surface area contributed by atoms with Crippen molar-refractivity contribution in [3.8, 4) is 0 Å². The molecule has 0 saturated heterocycles. The van der Waals surface area contributed by atoms with Gasteiger partial charge in [-0.15, -0.1) is 0 Å². The van der Waals surface area contributed by atoms with Gasteiger partial charge in [-0.25, -0.2) is 4.57 Å². The van der Waals surface area contributed by atoms with Crippen molar-refractivity contribution in [1.29, 1.82) is 0 Å². The van der Waals surface area contributed by atoms with Gasteiger partial charge in [-0.1, -0.05) is 407 Å². The summed E-state index contributed by atoms with van der Waals surface area (Å²) in [7, 11) is 1.57. The fourth-order valence-corrected chi connectivity index (χ4v) is 13.2. The van der Waals surface area contributed by atoms with Crippen LogP contribution in [-0.4, -0.2) is 73.4 Å². The number of phosphoric ester groups is 1. The normalized spacial score (nSPS) is 13.9. The van der Waals surface area contributed by atoms with Crippen molar-refractivity contribution in [2.24, 2.45) is 0 Å². The van der Waals surface area contributed by atoms with Crippen molar-refractivity contribution in [1.82, 2.24) is 5.32 Å². The Balaban J connectivity index is 3.95. The average molecular weight is 1350 g/mol. The number of aliphatic hydroxyl groups is 1. The Morgan fingerprint density at radius 1 is 0.368 bits per heavy atom. The number of hydrogen-bond donors (Lipinski definition) is 3. The second-order valence-electron chi connectivity index (χ2n) is 29.5. The maximum atomic E-state index is 13.1. The Hall–Kier alpha value is -2.32. The number of allylic oxidation sites excluding steroid dienone is 13. The van der Waals surface area contributed by atoms with E-state index in [-0.39, 0.29) is 19.1 Å². The fourth-order valence-electron chi connectivity index (χ4n) is 12.5. The number of nitrogens with zero attached hydrogens (tertiary/aromatic N) is 1. The van der Waals surface area contributed by atoms with E-state index >= 15 is 0 Å². The molecule has 3 N–H and O–H groups in total. The summed E-state index contributed by atoms with van der Waals surface area (Å²) in [5, 5.41) is 14.0. The molecule has 0 radical (unpaired) electrons. The monoisotopic (exact) mass is 1350 g/mol. The molecule has 0 aliphatic heterocycles. The Bertz CT molecular complexity index is 1830. The maximum Gasteiger partial charge on any atom is 0.472 e. The van der Waals surface area contributed by atoms with Crippen LogP contribution in [0, 0.1) is 0 Å². The van der Waals surface area contributed by atoms with Crippen LogP contribution in [0.4, 0.5) is 0 Å². The number of likely N-dealkylation sites (N-methyl/N-ethyl adjacent to an activating group) is 1. The molecule has 0 aromatic rings. The lowest BCUT2D eigenvalue weighted by Gasteiger charge is -2.25. The van der Waals surface area contributed by atoms with Crippen LogP contribution >= 0.6 is 7.82 Å². The van der Waals surface area contributed by atoms with Gasteiger partial charge in [0.25, 0.3) is 0 Å². The molecule has 0 saturated carbocycles. The molecular weight excluding hydrogens is 1190 g/mol. The van der Waals surface area contributed by atoms with Crippen LogP contribution in [0.15, 0.2) is 85.1 Å². The van der Waals surface area contributed by atoms with E-state index in [1.807, 2.05) is 27.2 Å². The van der Waals surface area contributed by atoms with Crippen LogP contribution in [0.5, 0.6) is 0 Å². The Kier molecular flexibility index (Phi) is 74.0. The summed E-state index contributed by atoms with van der Waals surface area (Å²) in [5.41, 5.74) is 0. The number of unbranched alkanes of at least 4 members (excludes halogenated alkanes) is 52. The zero-order chi connectivity index (χ0) is 69.0. The highest BCUT2D eigenvalue weighted by Gasteiger charge is 2.28. The number of aliphatic hydroxyl groups excluding tert-OH is 1. The number of rotatable bonds is 77. The molecule has 3 unspecified atom stereocenters. The second-order valence-corrected chi connectivity index (χ2v) is 30.9. The summed E-state index contributed by atoms with van der Waals surface area (Å²) in [5.74, 6) is -0.180. The van der Waals surface area contributed by atoms with Gasteiger partial charge in [-0.3, -0.25) is 13.8 Å². The van der Waals surface area contributed by atoms with Crippen LogP contribution < -0.4 is 5.32 Å². The Morgan fingerprint density at radius 3 is 0.968 bits per heavy atom. The van der Waals surface area contributed by atoms with E-state index in [4.69, 9.17) is 9.05 Å². The van der Waals surface area contributed by atoms with E-state index in [1.165, 1.54) is 315 Å². The fraction of sp³-hybridized carbons (Fsp3) is 0.826. The molecule has 0 aromatic heterocycles. The van der Waals surface area contributed by atoms with Gasteiger partial charge in [-0.2, -0.15) is 0 Å². The molecule has 95 heavy (non-hydrogen) atoms. The number of carbonyl (C=O) groups is 1. The van der Waals surface area contributed by atoms with Crippen LogP contribution in [0.2, 0.25) is 0 Å². The molecule has 556 valence electrons. The Morgan fingerprint density at radius 2 is 0.642 bits per heavy atom. The molecule has 1 amide bonds. The number of quaternary nitrogens is 1. The molecule has 0 aliphatic rings. The van der Waals surface area contributed by atoms with Gasteiger partial charge in [0.15, 0.2) is 0 Å². The van der Waals surface area contributed by atoms with Gasteiger partial charge < -0.3 is 19.8 Å². The van der Waals surface area contributed by atoms with Crippen LogP contribution in [0.3, 0.4) is 0 Å². The van der Waals surface area contributed by atoms with E-state index < -0.39 is 20.0 Å². The molecule has 9 heteroatoms. The highest BCUT2D eigenvalue weighted by molar-refractivity contribution is 7.47. The molecule has 0 aromatic carbocycles. The minimum atomic E-state index is -4.37. The van der Waals surface area contributed by atoms with Crippen molar-refractivity contribution < 1.29 is 32.9 Å². The van der Waals surface area contributed by atoms with Crippen LogP contribution in [0.25, 0.3) is 0 Å². The predicted molar refractivity (Wildman–Crippen MR) is 420 cm³/mol. The van der Waals surface area contributed by atoms with Gasteiger partial charge in [0.1, 0.15) is 13.2 Å². The zero-order valence-electron chi connectivity index (χ0n) is 63.9. The van der Waals surface area contributed by atoms with Gasteiger partial charge in [0.2, 0.25) is 5.91 Å². The number of carbonyl (C=O) groups excluding carboxylic acids is 1. The van der Waals surface area contributed by atoms with Gasteiger partial charge in [-0.05, 0) is 77.0 Å². The van der Waals surface area contributed by atoms with Gasteiger partial charge >= 0.3 is 7.82 Å². The first kappa shape index (κ1) is 92.7. The largest absolute Gasteiger partial charge is 0.472 e. The molecule has 0 rings (SSSR count). The van der Waals surface area contributed by atoms with E-state index in [0.29, 0.717) is 17.4 Å². The SMILES string of the molecule is CC/C=C\C/C=C\C/C=C\C/C=C\C/C=C\CCCCCCCCCCCCCCCCCCCCCCCCCCCC(=O)NC(COP(=O)(O)OCC[N+](C)(C)C)C(O)/C=C/CC/C=C/CCCCCCCCCCCCCCCCCCCCCCCCCCCC. The first-order valence-corrected chi connectivity index (χ1v) is 43.0. The van der Waals surface area contributed by atoms with Crippen LogP contribution in [-0.2, 0) is 18.4 Å². The number of nitrogens with one attached hydrogen (secondary N) is 1. The molecule has 0 aliphatic carbocycles. The number of phosphoric acid groups is 1. The zero-order valence-corrected chi connectivity index (χ0v) is 64.8. The summed E-state index contributed by atoms with van der Waals surface area (Å²) in [6.07, 6.45) is 109. The quantitative estimate of drug-likeness (QED) is 0.0243. The minimum Gasteiger partial charge on any atom is -0.387 e.